The quantitative estimate of drug-likeness (QED) is 0.683. The summed E-state index contributed by atoms with van der Waals surface area (Å²) < 4.78 is 0. The Morgan fingerprint density at radius 2 is 1.79 bits per heavy atom. The topological polar surface area (TPSA) is 3.24 Å². The molecule has 106 valence electrons. The van der Waals surface area contributed by atoms with Crippen molar-refractivity contribution in [2.75, 3.05) is 18.0 Å². The maximum Gasteiger partial charge on any atom is 0.0474 e. The summed E-state index contributed by atoms with van der Waals surface area (Å²) in [5, 5.41) is 0. The van der Waals surface area contributed by atoms with Gasteiger partial charge in [-0.15, -0.1) is 11.6 Å². The molecule has 1 unspecified atom stereocenters. The minimum Gasteiger partial charge on any atom is -0.372 e. The highest BCUT2D eigenvalue weighted by atomic mass is 35.5. The summed E-state index contributed by atoms with van der Waals surface area (Å²) >= 11 is 5.85. The van der Waals surface area contributed by atoms with Gasteiger partial charge in [0.2, 0.25) is 0 Å². The molecule has 0 amide bonds. The van der Waals surface area contributed by atoms with Gasteiger partial charge in [-0.1, -0.05) is 32.9 Å². The Morgan fingerprint density at radius 1 is 1.11 bits per heavy atom. The van der Waals surface area contributed by atoms with Crippen LogP contribution in [0.2, 0.25) is 0 Å². The molecular formula is C17H26ClN. The second kappa shape index (κ2) is 6.17. The minimum absolute atomic E-state index is 0.443. The summed E-state index contributed by atoms with van der Waals surface area (Å²) in [6.45, 7) is 9.50. The zero-order valence-electron chi connectivity index (χ0n) is 12.5. The fraction of sp³-hybridized carbons (Fsp3) is 0.647. The predicted octanol–water partition coefficient (Wildman–Crippen LogP) is 5.08. The molecule has 1 aliphatic heterocycles. The summed E-state index contributed by atoms with van der Waals surface area (Å²) in [4.78, 5) is 2.53. The van der Waals surface area contributed by atoms with Gasteiger partial charge in [-0.05, 0) is 48.3 Å². The fourth-order valence-corrected chi connectivity index (χ4v) is 3.19. The van der Waals surface area contributed by atoms with Crippen LogP contribution in [-0.4, -0.2) is 13.1 Å². The number of hydrogen-bond acceptors (Lipinski definition) is 1. The van der Waals surface area contributed by atoms with Crippen molar-refractivity contribution in [1.29, 1.82) is 0 Å². The van der Waals surface area contributed by atoms with Gasteiger partial charge in [-0.2, -0.15) is 0 Å². The number of nitrogens with zero attached hydrogens (tertiary/aromatic N) is 1. The Bertz CT molecular complexity index is 391. The van der Waals surface area contributed by atoms with E-state index in [1.54, 1.807) is 0 Å². The average molecular weight is 280 g/mol. The monoisotopic (exact) mass is 279 g/mol. The van der Waals surface area contributed by atoms with Crippen LogP contribution in [0.1, 0.15) is 45.6 Å². The van der Waals surface area contributed by atoms with Crippen LogP contribution in [0.3, 0.4) is 0 Å². The molecule has 1 nitrogen and oxygen atoms in total. The molecule has 0 N–H and O–H groups in total. The number of halogens is 1. The van der Waals surface area contributed by atoms with E-state index in [2.05, 4.69) is 49.9 Å². The maximum atomic E-state index is 5.85. The molecule has 0 aliphatic carbocycles. The number of rotatable bonds is 2. The maximum absolute atomic E-state index is 5.85. The second-order valence-electron chi connectivity index (χ2n) is 6.78. The first-order chi connectivity index (χ1) is 9.00. The third kappa shape index (κ3) is 3.89. The third-order valence-corrected chi connectivity index (χ3v) is 4.72. The van der Waals surface area contributed by atoms with Crippen molar-refractivity contribution in [2.45, 2.75) is 45.9 Å². The Balaban J connectivity index is 2.02. The van der Waals surface area contributed by atoms with Crippen molar-refractivity contribution in [2.24, 2.45) is 11.3 Å². The van der Waals surface area contributed by atoms with Gasteiger partial charge in [0.1, 0.15) is 0 Å². The van der Waals surface area contributed by atoms with Crippen molar-refractivity contribution >= 4 is 17.3 Å². The Morgan fingerprint density at radius 3 is 2.37 bits per heavy atom. The van der Waals surface area contributed by atoms with Crippen LogP contribution in [0, 0.1) is 11.3 Å². The fourth-order valence-electron chi connectivity index (χ4n) is 3.02. The number of hydrogen-bond donors (Lipinski definition) is 0. The first-order valence-corrected chi connectivity index (χ1v) is 7.94. The second-order valence-corrected chi connectivity index (χ2v) is 7.05. The van der Waals surface area contributed by atoms with E-state index in [0.29, 0.717) is 11.3 Å². The molecular weight excluding hydrogens is 254 g/mol. The van der Waals surface area contributed by atoms with Crippen LogP contribution in [0.25, 0.3) is 0 Å². The number of anilines is 1. The summed E-state index contributed by atoms with van der Waals surface area (Å²) in [5.74, 6) is 1.45. The van der Waals surface area contributed by atoms with Gasteiger partial charge in [0.15, 0.2) is 0 Å². The highest BCUT2D eigenvalue weighted by Gasteiger charge is 2.26. The van der Waals surface area contributed by atoms with Gasteiger partial charge in [0.25, 0.3) is 0 Å². The molecule has 1 fully saturated rings. The lowest BCUT2D eigenvalue weighted by atomic mass is 9.77. The van der Waals surface area contributed by atoms with Crippen molar-refractivity contribution in [3.63, 3.8) is 0 Å². The molecule has 2 heteroatoms. The van der Waals surface area contributed by atoms with Gasteiger partial charge >= 0.3 is 0 Å². The van der Waals surface area contributed by atoms with E-state index >= 15 is 0 Å². The van der Waals surface area contributed by atoms with E-state index in [1.165, 1.54) is 43.6 Å². The van der Waals surface area contributed by atoms with E-state index in [-0.39, 0.29) is 0 Å². The van der Waals surface area contributed by atoms with Crippen molar-refractivity contribution in [3.8, 4) is 0 Å². The molecule has 19 heavy (non-hydrogen) atoms. The van der Waals surface area contributed by atoms with Crippen LogP contribution in [0.15, 0.2) is 24.3 Å². The average Bonchev–Trinajstić information content (AvgIpc) is 2.64. The lowest BCUT2D eigenvalue weighted by molar-refractivity contribution is 0.220. The highest BCUT2D eigenvalue weighted by Crippen LogP contribution is 2.35. The van der Waals surface area contributed by atoms with Crippen LogP contribution in [0.4, 0.5) is 5.69 Å². The molecule has 2 rings (SSSR count). The van der Waals surface area contributed by atoms with E-state index in [9.17, 15) is 0 Å². The van der Waals surface area contributed by atoms with E-state index in [1.807, 2.05) is 0 Å². The van der Waals surface area contributed by atoms with Gasteiger partial charge in [-0.25, -0.2) is 0 Å². The zero-order chi connectivity index (χ0) is 13.9. The van der Waals surface area contributed by atoms with Gasteiger partial charge in [0, 0.05) is 24.7 Å². The lowest BCUT2D eigenvalue weighted by Crippen LogP contribution is -2.26. The summed E-state index contributed by atoms with van der Waals surface area (Å²) in [7, 11) is 0. The van der Waals surface area contributed by atoms with Crippen LogP contribution in [0.5, 0.6) is 0 Å². The van der Waals surface area contributed by atoms with Crippen LogP contribution in [-0.2, 0) is 5.88 Å². The Hall–Kier alpha value is -0.690. The Labute approximate surface area is 123 Å². The SMILES string of the molecule is CC(C)(C)C1CCCN(c2ccc(CCl)cc2)CC1. The minimum atomic E-state index is 0.443. The van der Waals surface area contributed by atoms with Crippen LogP contribution >= 0.6 is 11.6 Å². The normalized spacial score (nSPS) is 21.3. The first kappa shape index (κ1) is 14.7. The van der Waals surface area contributed by atoms with E-state index in [0.717, 1.165) is 5.92 Å². The molecule has 0 aromatic heterocycles. The molecule has 0 spiro atoms. The van der Waals surface area contributed by atoms with Gasteiger partial charge < -0.3 is 4.90 Å². The number of alkyl halides is 1. The smallest absolute Gasteiger partial charge is 0.0474 e. The van der Waals surface area contributed by atoms with Crippen LogP contribution < -0.4 is 4.90 Å². The van der Waals surface area contributed by atoms with E-state index < -0.39 is 0 Å². The third-order valence-electron chi connectivity index (χ3n) is 4.41. The summed E-state index contributed by atoms with van der Waals surface area (Å²) in [5.41, 5.74) is 3.00. The first-order valence-electron chi connectivity index (χ1n) is 7.40. The molecule has 1 aliphatic rings. The highest BCUT2D eigenvalue weighted by molar-refractivity contribution is 6.17. The summed E-state index contributed by atoms with van der Waals surface area (Å²) in [6, 6.07) is 8.73. The van der Waals surface area contributed by atoms with Gasteiger partial charge in [0.05, 0.1) is 0 Å². The lowest BCUT2D eigenvalue weighted by Gasteiger charge is -2.30. The largest absolute Gasteiger partial charge is 0.372 e. The van der Waals surface area contributed by atoms with Crippen molar-refractivity contribution in [1.82, 2.24) is 0 Å². The molecule has 1 heterocycles. The molecule has 1 aromatic carbocycles. The summed E-state index contributed by atoms with van der Waals surface area (Å²) in [6.07, 6.45) is 3.97. The molecule has 0 bridgehead atoms. The standard InChI is InChI=1S/C17H26ClN/c1-17(2,3)15-5-4-11-19(12-10-15)16-8-6-14(13-18)7-9-16/h6-9,15H,4-5,10-13H2,1-3H3. The Kier molecular flexibility index (Phi) is 4.78. The molecule has 0 radical (unpaired) electrons. The number of benzene rings is 1. The van der Waals surface area contributed by atoms with Gasteiger partial charge in [-0.3, -0.25) is 0 Å². The van der Waals surface area contributed by atoms with Crippen molar-refractivity contribution in [3.05, 3.63) is 29.8 Å². The zero-order valence-corrected chi connectivity index (χ0v) is 13.2. The van der Waals surface area contributed by atoms with E-state index in [4.69, 9.17) is 11.6 Å². The van der Waals surface area contributed by atoms with Crippen molar-refractivity contribution < 1.29 is 0 Å². The molecule has 1 aromatic rings. The molecule has 1 saturated heterocycles. The predicted molar refractivity (Wildman–Crippen MR) is 85.0 cm³/mol. The molecule has 0 saturated carbocycles. The molecule has 1 atom stereocenters.